The molecule has 0 unspecified atom stereocenters. The van der Waals surface area contributed by atoms with Crippen molar-refractivity contribution >= 4 is 34.0 Å². The summed E-state index contributed by atoms with van der Waals surface area (Å²) in [4.78, 5) is 19.4. The summed E-state index contributed by atoms with van der Waals surface area (Å²) in [5, 5.41) is 13.9. The fourth-order valence-corrected chi connectivity index (χ4v) is 2.96. The van der Waals surface area contributed by atoms with Gasteiger partial charge in [0.15, 0.2) is 5.69 Å². The van der Waals surface area contributed by atoms with Crippen LogP contribution in [0.1, 0.15) is 11.3 Å². The molecule has 0 aliphatic heterocycles. The maximum atomic E-state index is 12.3. The molecular weight excluding hydrogens is 338 g/mol. The summed E-state index contributed by atoms with van der Waals surface area (Å²) in [6, 6.07) is 14.7. The first-order chi connectivity index (χ1) is 12.2. The quantitative estimate of drug-likeness (QED) is 0.594. The van der Waals surface area contributed by atoms with Crippen molar-refractivity contribution in [3.63, 3.8) is 0 Å². The number of aromatic nitrogens is 3. The van der Waals surface area contributed by atoms with Crippen LogP contribution in [-0.2, 0) is 6.54 Å². The molecule has 7 heteroatoms. The number of anilines is 1. The van der Waals surface area contributed by atoms with Crippen molar-refractivity contribution in [2.75, 3.05) is 5.32 Å². The summed E-state index contributed by atoms with van der Waals surface area (Å²) in [6.45, 7) is 0.259. The summed E-state index contributed by atoms with van der Waals surface area (Å²) in [5.41, 5.74) is 2.04. The van der Waals surface area contributed by atoms with E-state index in [1.165, 1.54) is 0 Å². The molecule has 0 aliphatic carbocycles. The van der Waals surface area contributed by atoms with Gasteiger partial charge in [0.1, 0.15) is 17.5 Å². The topological polar surface area (TPSA) is 86.0 Å². The number of nitrogens with one attached hydrogen (secondary N) is 2. The van der Waals surface area contributed by atoms with E-state index in [1.54, 1.807) is 28.7 Å². The average Bonchev–Trinajstić information content (AvgIpc) is 2.98. The molecule has 0 spiro atoms. The van der Waals surface area contributed by atoms with Crippen LogP contribution in [0.2, 0.25) is 5.02 Å². The van der Waals surface area contributed by atoms with E-state index in [4.69, 9.17) is 11.6 Å². The molecule has 0 aliphatic rings. The summed E-state index contributed by atoms with van der Waals surface area (Å²) in [6.07, 6.45) is 1.82. The summed E-state index contributed by atoms with van der Waals surface area (Å²) >= 11 is 6.02. The van der Waals surface area contributed by atoms with E-state index < -0.39 is 0 Å². The van der Waals surface area contributed by atoms with E-state index in [0.717, 1.165) is 10.9 Å². The van der Waals surface area contributed by atoms with Gasteiger partial charge in [-0.25, -0.2) is 4.98 Å². The fourth-order valence-electron chi connectivity index (χ4n) is 2.78. The Bertz CT molecular complexity index is 1200. The van der Waals surface area contributed by atoms with E-state index in [9.17, 15) is 10.1 Å². The SMILES string of the molecule is N#Cc1nc2ccccn2c1NCc1cc2cc(Cl)ccc2[nH]c1=O. The van der Waals surface area contributed by atoms with Gasteiger partial charge in [-0.05, 0) is 36.4 Å². The molecule has 0 amide bonds. The number of nitrogens with zero attached hydrogens (tertiary/aromatic N) is 3. The highest BCUT2D eigenvalue weighted by Gasteiger charge is 2.12. The van der Waals surface area contributed by atoms with Gasteiger partial charge in [0.25, 0.3) is 5.56 Å². The Morgan fingerprint density at radius 2 is 2.16 bits per heavy atom. The van der Waals surface area contributed by atoms with Crippen LogP contribution in [0.25, 0.3) is 16.6 Å². The number of hydrogen-bond donors (Lipinski definition) is 2. The molecule has 0 fully saturated rings. The zero-order valence-electron chi connectivity index (χ0n) is 13.0. The van der Waals surface area contributed by atoms with Crippen LogP contribution in [0.3, 0.4) is 0 Å². The Kier molecular flexibility index (Phi) is 3.64. The number of rotatable bonds is 3. The maximum Gasteiger partial charge on any atom is 0.253 e. The first-order valence-corrected chi connectivity index (χ1v) is 7.96. The lowest BCUT2D eigenvalue weighted by atomic mass is 10.1. The Morgan fingerprint density at radius 3 is 3.00 bits per heavy atom. The van der Waals surface area contributed by atoms with Gasteiger partial charge in [-0.2, -0.15) is 5.26 Å². The minimum absolute atomic E-state index is 0.186. The number of imidazole rings is 1. The van der Waals surface area contributed by atoms with Crippen LogP contribution in [0.5, 0.6) is 0 Å². The van der Waals surface area contributed by atoms with Crippen LogP contribution in [0.15, 0.2) is 53.5 Å². The second-order valence-corrected chi connectivity index (χ2v) is 5.99. The maximum absolute atomic E-state index is 12.3. The third-order valence-electron chi connectivity index (χ3n) is 3.97. The van der Waals surface area contributed by atoms with Crippen molar-refractivity contribution in [1.82, 2.24) is 14.4 Å². The largest absolute Gasteiger partial charge is 0.364 e. The van der Waals surface area contributed by atoms with Crippen molar-refractivity contribution in [3.05, 3.63) is 75.3 Å². The van der Waals surface area contributed by atoms with E-state index >= 15 is 0 Å². The Hall–Kier alpha value is -3.30. The standard InChI is InChI=1S/C18H12ClN5O/c19-13-4-5-14-11(8-13)7-12(18(25)23-14)10-21-17-15(9-20)22-16-3-1-2-6-24(16)17/h1-8,21H,10H2,(H,23,25). The van der Waals surface area contributed by atoms with Gasteiger partial charge < -0.3 is 10.3 Å². The molecule has 3 heterocycles. The second-order valence-electron chi connectivity index (χ2n) is 5.56. The molecule has 122 valence electrons. The molecule has 3 aromatic heterocycles. The van der Waals surface area contributed by atoms with Gasteiger partial charge in [-0.15, -0.1) is 0 Å². The molecule has 0 bridgehead atoms. The van der Waals surface area contributed by atoms with Gasteiger partial charge in [-0.1, -0.05) is 17.7 Å². The molecule has 6 nitrogen and oxygen atoms in total. The summed E-state index contributed by atoms with van der Waals surface area (Å²) in [5.74, 6) is 0.559. The van der Waals surface area contributed by atoms with Crippen LogP contribution < -0.4 is 10.9 Å². The monoisotopic (exact) mass is 349 g/mol. The minimum Gasteiger partial charge on any atom is -0.364 e. The van der Waals surface area contributed by atoms with Gasteiger partial charge >= 0.3 is 0 Å². The highest BCUT2D eigenvalue weighted by molar-refractivity contribution is 6.31. The number of H-pyrrole nitrogens is 1. The lowest BCUT2D eigenvalue weighted by Crippen LogP contribution is -2.16. The summed E-state index contributed by atoms with van der Waals surface area (Å²) < 4.78 is 1.78. The van der Waals surface area contributed by atoms with E-state index in [2.05, 4.69) is 21.4 Å². The number of halogens is 1. The molecule has 0 saturated heterocycles. The predicted molar refractivity (Wildman–Crippen MR) is 96.8 cm³/mol. The van der Waals surface area contributed by atoms with Crippen molar-refractivity contribution < 1.29 is 0 Å². The molecule has 4 rings (SSSR count). The number of nitriles is 1. The third kappa shape index (κ3) is 2.71. The highest BCUT2D eigenvalue weighted by atomic mass is 35.5. The number of benzene rings is 1. The molecule has 0 radical (unpaired) electrons. The lowest BCUT2D eigenvalue weighted by Gasteiger charge is -2.07. The lowest BCUT2D eigenvalue weighted by molar-refractivity contribution is 1.05. The van der Waals surface area contributed by atoms with Crippen LogP contribution in [0, 0.1) is 11.3 Å². The number of hydrogen-bond acceptors (Lipinski definition) is 4. The Balaban J connectivity index is 1.72. The molecule has 0 saturated carbocycles. The second kappa shape index (κ2) is 5.96. The molecular formula is C18H12ClN5O. The van der Waals surface area contributed by atoms with Crippen molar-refractivity contribution in [2.24, 2.45) is 0 Å². The predicted octanol–water partition coefficient (Wildman–Crippen LogP) is 3.31. The third-order valence-corrected chi connectivity index (χ3v) is 4.20. The normalized spacial score (nSPS) is 10.9. The van der Waals surface area contributed by atoms with Crippen LogP contribution in [0.4, 0.5) is 5.82 Å². The van der Waals surface area contributed by atoms with E-state index in [1.807, 2.05) is 24.4 Å². The molecule has 4 aromatic rings. The van der Waals surface area contributed by atoms with Crippen molar-refractivity contribution in [1.29, 1.82) is 5.26 Å². The van der Waals surface area contributed by atoms with Crippen molar-refractivity contribution in [2.45, 2.75) is 6.54 Å². The first kappa shape index (κ1) is 15.2. The van der Waals surface area contributed by atoms with Gasteiger partial charge in [0, 0.05) is 34.2 Å². The van der Waals surface area contributed by atoms with Crippen molar-refractivity contribution in [3.8, 4) is 6.07 Å². The van der Waals surface area contributed by atoms with Gasteiger partial charge in [0.2, 0.25) is 0 Å². The fraction of sp³-hybridized carbons (Fsp3) is 0.0556. The number of fused-ring (bicyclic) bond motifs is 2. The highest BCUT2D eigenvalue weighted by Crippen LogP contribution is 2.20. The smallest absolute Gasteiger partial charge is 0.253 e. The van der Waals surface area contributed by atoms with Gasteiger partial charge in [0.05, 0.1) is 0 Å². The summed E-state index contributed by atoms with van der Waals surface area (Å²) in [7, 11) is 0. The van der Waals surface area contributed by atoms with E-state index in [-0.39, 0.29) is 17.8 Å². The molecule has 25 heavy (non-hydrogen) atoms. The molecule has 2 N–H and O–H groups in total. The van der Waals surface area contributed by atoms with Crippen LogP contribution in [-0.4, -0.2) is 14.4 Å². The zero-order valence-corrected chi connectivity index (χ0v) is 13.7. The van der Waals surface area contributed by atoms with Gasteiger partial charge in [-0.3, -0.25) is 9.20 Å². The Morgan fingerprint density at radius 1 is 1.28 bits per heavy atom. The van der Waals surface area contributed by atoms with E-state index in [0.29, 0.717) is 22.1 Å². The zero-order chi connectivity index (χ0) is 17.4. The van der Waals surface area contributed by atoms with Crippen LogP contribution >= 0.6 is 11.6 Å². The molecule has 1 aromatic carbocycles. The average molecular weight is 350 g/mol. The number of aromatic amines is 1. The minimum atomic E-state index is -0.186. The Labute approximate surface area is 147 Å². The first-order valence-electron chi connectivity index (χ1n) is 7.58. The molecule has 0 atom stereocenters. The number of pyridine rings is 2.